The predicted molar refractivity (Wildman–Crippen MR) is 293 cm³/mol. The van der Waals surface area contributed by atoms with Crippen LogP contribution in [0.1, 0.15) is 129 Å². The van der Waals surface area contributed by atoms with E-state index in [0.717, 1.165) is 55.2 Å². The first-order valence-corrected chi connectivity index (χ1v) is 28.5. The molecule has 80 heavy (non-hydrogen) atoms. The molecule has 3 saturated heterocycles. The Kier molecular flexibility index (Phi) is 28.4. The molecule has 3 aliphatic rings. The van der Waals surface area contributed by atoms with E-state index in [-0.39, 0.29) is 63.3 Å². The molecule has 16 atom stereocenters. The van der Waals surface area contributed by atoms with E-state index >= 15 is 0 Å². The number of carbonyl (C=O) groups is 7. The zero-order valence-corrected chi connectivity index (χ0v) is 46.9. The Balaban J connectivity index is 1.75. The van der Waals surface area contributed by atoms with Gasteiger partial charge in [0.2, 0.25) is 41.4 Å². The number of carbonyl (C=O) groups excluding carboxylic acids is 7. The fraction of sp³-hybridized carbons (Fsp3) is 0.759. The van der Waals surface area contributed by atoms with Crippen LogP contribution < -0.4 is 48.7 Å². The van der Waals surface area contributed by atoms with Gasteiger partial charge in [0, 0.05) is 58.5 Å². The second-order valence-electron chi connectivity index (χ2n) is 22.0. The van der Waals surface area contributed by atoms with Crippen molar-refractivity contribution in [1.29, 1.82) is 0 Å². The van der Waals surface area contributed by atoms with Gasteiger partial charge < -0.3 is 94.0 Å². The molecule has 26 heteroatoms. The van der Waals surface area contributed by atoms with Gasteiger partial charge in [0.05, 0.1) is 30.5 Å². The molecule has 8 unspecified atom stereocenters. The first-order chi connectivity index (χ1) is 38.0. The second-order valence-corrected chi connectivity index (χ2v) is 22.0. The number of rotatable bonds is 26. The van der Waals surface area contributed by atoms with Crippen molar-refractivity contribution in [1.82, 2.24) is 47.0 Å². The maximum atomic E-state index is 14.7. The summed E-state index contributed by atoms with van der Waals surface area (Å²) >= 11 is 0. The summed E-state index contributed by atoms with van der Waals surface area (Å²) in [4.78, 5) is 103. The Labute approximate surface area is 468 Å². The molecule has 0 bridgehead atoms. The van der Waals surface area contributed by atoms with Gasteiger partial charge >= 0.3 is 0 Å². The molecular weight excluding hydrogens is 1040 g/mol. The van der Waals surface area contributed by atoms with Gasteiger partial charge in [-0.25, -0.2) is 0 Å². The molecule has 0 radical (unpaired) electrons. The smallest absolute Gasteiger partial charge is 0.248 e. The maximum Gasteiger partial charge on any atom is 0.248 e. The number of hydrogen-bond donors (Lipinski definition) is 17. The zero-order valence-electron chi connectivity index (χ0n) is 46.9. The van der Waals surface area contributed by atoms with E-state index in [0.29, 0.717) is 31.2 Å². The lowest BCUT2D eigenvalue weighted by Crippen LogP contribution is -2.65. The SMILES string of the molecule is CCC(C)CC(C)CCCCCCCCC(=O)N[C@H]1C[C@@H](O)C(NCCNCCN)NC(=O)C2[C@@H](O)CCN2C(=O)C([C@H](O)CCN)NC(=O)C([C@H](O)[C@@H](O)c2ccc(O)cc2)NC(=O)C2C[C@@H](O)CN2C(=O)C([C@@H](C)O)NC1=O. The quantitative estimate of drug-likeness (QED) is 0.0397. The van der Waals surface area contributed by atoms with Crippen molar-refractivity contribution in [2.24, 2.45) is 23.3 Å². The average Bonchev–Trinajstić information content (AvgIpc) is 4.12. The Morgan fingerprint density at radius 1 is 0.700 bits per heavy atom. The van der Waals surface area contributed by atoms with E-state index in [2.05, 4.69) is 58.0 Å². The van der Waals surface area contributed by atoms with Crippen LogP contribution in [0.3, 0.4) is 0 Å². The fourth-order valence-corrected chi connectivity index (χ4v) is 10.6. The Morgan fingerprint density at radius 3 is 1.99 bits per heavy atom. The number of nitrogens with zero attached hydrogens (tertiary/aromatic N) is 2. The lowest BCUT2D eigenvalue weighted by molar-refractivity contribution is -0.148. The molecule has 3 fully saturated rings. The van der Waals surface area contributed by atoms with Crippen molar-refractivity contribution in [3.63, 3.8) is 0 Å². The molecule has 0 aromatic heterocycles. The van der Waals surface area contributed by atoms with Gasteiger partial charge in [0.1, 0.15) is 60.4 Å². The third-order valence-corrected chi connectivity index (χ3v) is 15.4. The number of fused-ring (bicyclic) bond motifs is 2. The molecule has 7 amide bonds. The minimum absolute atomic E-state index is 0.0261. The molecule has 0 aliphatic carbocycles. The number of hydrogen-bond acceptors (Lipinski definition) is 19. The molecule has 0 saturated carbocycles. The molecule has 1 aromatic carbocycles. The van der Waals surface area contributed by atoms with Crippen molar-refractivity contribution in [3.05, 3.63) is 29.8 Å². The molecule has 454 valence electrons. The van der Waals surface area contributed by atoms with Crippen LogP contribution in [-0.2, 0) is 33.6 Å². The summed E-state index contributed by atoms with van der Waals surface area (Å²) < 4.78 is 0. The summed E-state index contributed by atoms with van der Waals surface area (Å²) in [6.45, 7) is 7.80. The monoisotopic (exact) mass is 1140 g/mol. The van der Waals surface area contributed by atoms with Gasteiger partial charge in [-0.1, -0.05) is 77.8 Å². The van der Waals surface area contributed by atoms with Crippen molar-refractivity contribution in [2.75, 3.05) is 45.8 Å². The number of nitrogens with one attached hydrogen (secondary N) is 7. The average molecular weight is 1140 g/mol. The van der Waals surface area contributed by atoms with Crippen molar-refractivity contribution < 1.29 is 74.4 Å². The summed E-state index contributed by atoms with van der Waals surface area (Å²) in [5.74, 6) is -6.41. The number of aliphatic hydroxyl groups excluding tert-OH is 7. The van der Waals surface area contributed by atoms with Crippen LogP contribution in [0.2, 0.25) is 0 Å². The lowest BCUT2D eigenvalue weighted by atomic mass is 9.91. The van der Waals surface area contributed by atoms with E-state index in [9.17, 15) is 74.4 Å². The number of phenolic OH excluding ortho intramolecular Hbond substituents is 1. The summed E-state index contributed by atoms with van der Waals surface area (Å²) in [5.41, 5.74) is 11.4. The van der Waals surface area contributed by atoms with Crippen LogP contribution in [0, 0.1) is 11.8 Å². The summed E-state index contributed by atoms with van der Waals surface area (Å²) in [6.07, 6.45) is -6.96. The number of benzene rings is 1. The molecule has 0 spiro atoms. The summed E-state index contributed by atoms with van der Waals surface area (Å²) in [7, 11) is 0. The largest absolute Gasteiger partial charge is 0.508 e. The number of unbranched alkanes of at least 4 members (excludes halogenated alkanes) is 5. The Hall–Kier alpha value is -5.13. The van der Waals surface area contributed by atoms with E-state index in [1.165, 1.54) is 30.7 Å². The van der Waals surface area contributed by atoms with Crippen molar-refractivity contribution in [3.8, 4) is 5.75 Å². The van der Waals surface area contributed by atoms with Crippen molar-refractivity contribution in [2.45, 2.75) is 203 Å². The number of aromatic hydroxyl groups is 1. The second kappa shape index (κ2) is 33.7. The lowest BCUT2D eigenvalue weighted by Gasteiger charge is -2.35. The van der Waals surface area contributed by atoms with E-state index in [1.807, 2.05) is 0 Å². The van der Waals surface area contributed by atoms with Crippen LogP contribution in [-0.4, -0.2) is 217 Å². The molecular formula is C54H93N11O15. The summed E-state index contributed by atoms with van der Waals surface area (Å²) in [5, 5.41) is 108. The topological polar surface area (TPSA) is 424 Å². The zero-order chi connectivity index (χ0) is 59.2. The molecule has 4 rings (SSSR count). The highest BCUT2D eigenvalue weighted by atomic mass is 16.3. The third-order valence-electron chi connectivity index (χ3n) is 15.4. The van der Waals surface area contributed by atoms with E-state index < -0.39 is 146 Å². The normalized spacial score (nSPS) is 28.0. The highest BCUT2D eigenvalue weighted by molar-refractivity contribution is 5.98. The first-order valence-electron chi connectivity index (χ1n) is 28.5. The van der Waals surface area contributed by atoms with Crippen LogP contribution in [0.4, 0.5) is 0 Å². The van der Waals surface area contributed by atoms with Gasteiger partial charge in [-0.3, -0.25) is 38.9 Å². The first kappa shape index (κ1) is 67.4. The van der Waals surface area contributed by atoms with Gasteiger partial charge in [-0.2, -0.15) is 0 Å². The number of amides is 7. The minimum Gasteiger partial charge on any atom is -0.508 e. The fourth-order valence-electron chi connectivity index (χ4n) is 10.6. The standard InChI is InChI=1S/C54H93N11O15/c1-5-30(2)26-31(3)12-10-8-6-7-9-11-13-41(72)59-36-28-40(71)48(58-24-23-57-22-21-56)63-52(78)45-39(70)19-25-64(45)54(80)43(38(69)18-20-55)61-51(77)44(47(74)46(73)33-14-16-34(67)17-15-33)62-50(76)37-27-35(68)29-65(37)53(79)42(32(4)66)60-49(36)75/h14-17,30-32,35-40,42-48,57-58,66-71,73-74H,5-13,18-29,55-56H2,1-4H3,(H,59,72)(H,60,75)(H,61,77)(H,62,76)(H,63,78)/t30?,31?,32-,35-,36+,37?,38-,39+,40-,42?,43?,44?,45?,46+,47+,48?/m1/s1. The van der Waals surface area contributed by atoms with Gasteiger partial charge in [-0.05, 0) is 68.7 Å². The maximum absolute atomic E-state index is 14.7. The minimum atomic E-state index is -2.28. The number of nitrogens with two attached hydrogens (primary N) is 2. The van der Waals surface area contributed by atoms with Crippen molar-refractivity contribution >= 4 is 41.4 Å². The number of phenols is 1. The van der Waals surface area contributed by atoms with E-state index in [4.69, 9.17) is 11.5 Å². The van der Waals surface area contributed by atoms with Crippen LogP contribution in [0.5, 0.6) is 5.75 Å². The van der Waals surface area contributed by atoms with Crippen LogP contribution in [0.25, 0.3) is 0 Å². The van der Waals surface area contributed by atoms with Crippen LogP contribution >= 0.6 is 0 Å². The highest BCUT2D eigenvalue weighted by Crippen LogP contribution is 2.27. The highest BCUT2D eigenvalue weighted by Gasteiger charge is 2.49. The van der Waals surface area contributed by atoms with Gasteiger partial charge in [-0.15, -0.1) is 0 Å². The van der Waals surface area contributed by atoms with Gasteiger partial charge in [0.25, 0.3) is 0 Å². The molecule has 3 heterocycles. The molecule has 3 aliphatic heterocycles. The molecule has 19 N–H and O–H groups in total. The Morgan fingerprint density at radius 2 is 1.34 bits per heavy atom. The number of aliphatic hydroxyl groups is 7. The molecule has 26 nitrogen and oxygen atoms in total. The van der Waals surface area contributed by atoms with E-state index in [1.54, 1.807) is 0 Å². The summed E-state index contributed by atoms with van der Waals surface area (Å²) in [6, 6.07) is -6.40. The van der Waals surface area contributed by atoms with Gasteiger partial charge in [0.15, 0.2) is 0 Å². The Bertz CT molecular complexity index is 2130. The third kappa shape index (κ3) is 20.1. The predicted octanol–water partition coefficient (Wildman–Crippen LogP) is -3.72. The molecule has 1 aromatic rings. The van der Waals surface area contributed by atoms with Crippen LogP contribution in [0.15, 0.2) is 24.3 Å².